The highest BCUT2D eigenvalue weighted by Gasteiger charge is 2.42. The maximum atomic E-state index is 12.5. The Balaban J connectivity index is 1.77. The molecule has 1 aliphatic rings. The number of aliphatic carboxylic acids is 1. The van der Waals surface area contributed by atoms with Crippen LogP contribution in [-0.2, 0) is 16.0 Å². The minimum absolute atomic E-state index is 0.0429. The van der Waals surface area contributed by atoms with Crippen molar-refractivity contribution in [3.63, 3.8) is 0 Å². The maximum Gasteiger partial charge on any atom is 0.311 e. The van der Waals surface area contributed by atoms with E-state index in [1.54, 1.807) is 18.9 Å². The summed E-state index contributed by atoms with van der Waals surface area (Å²) in [4.78, 5) is 28.6. The minimum atomic E-state index is -0.843. The molecule has 0 radical (unpaired) electrons. The van der Waals surface area contributed by atoms with E-state index < -0.39 is 11.4 Å². The van der Waals surface area contributed by atoms with E-state index in [4.69, 9.17) is 4.74 Å². The highest BCUT2D eigenvalue weighted by atomic mass is 16.5. The Bertz CT molecular complexity index is 767. The summed E-state index contributed by atoms with van der Waals surface area (Å²) < 4.78 is 5.23. The molecule has 1 saturated heterocycles. The SMILES string of the molecule is COc1ccc2[nH]cc(CC(=O)N3CCC(C)(C(=O)O)C3)c2c1. The van der Waals surface area contributed by atoms with Gasteiger partial charge in [0.1, 0.15) is 5.75 Å². The van der Waals surface area contributed by atoms with E-state index in [1.807, 2.05) is 24.4 Å². The molecule has 1 aromatic carbocycles. The molecule has 3 rings (SSSR count). The van der Waals surface area contributed by atoms with E-state index in [1.165, 1.54) is 0 Å². The van der Waals surface area contributed by atoms with Crippen LogP contribution in [0, 0.1) is 5.41 Å². The van der Waals surface area contributed by atoms with Crippen LogP contribution in [0.25, 0.3) is 10.9 Å². The predicted molar refractivity (Wildman–Crippen MR) is 85.5 cm³/mol. The first-order valence-corrected chi connectivity index (χ1v) is 7.58. The van der Waals surface area contributed by atoms with Crippen molar-refractivity contribution in [1.29, 1.82) is 0 Å². The average molecular weight is 316 g/mol. The van der Waals surface area contributed by atoms with E-state index >= 15 is 0 Å². The third-order valence-corrected chi connectivity index (χ3v) is 4.66. The number of H-pyrrole nitrogens is 1. The summed E-state index contributed by atoms with van der Waals surface area (Å²) >= 11 is 0. The number of rotatable bonds is 4. The lowest BCUT2D eigenvalue weighted by atomic mass is 9.90. The number of benzene rings is 1. The zero-order valence-corrected chi connectivity index (χ0v) is 13.3. The smallest absolute Gasteiger partial charge is 0.311 e. The highest BCUT2D eigenvalue weighted by Crippen LogP contribution is 2.31. The molecule has 0 saturated carbocycles. The largest absolute Gasteiger partial charge is 0.497 e. The van der Waals surface area contributed by atoms with Gasteiger partial charge in [-0.15, -0.1) is 0 Å². The first-order valence-electron chi connectivity index (χ1n) is 7.58. The van der Waals surface area contributed by atoms with Gasteiger partial charge < -0.3 is 19.7 Å². The lowest BCUT2D eigenvalue weighted by molar-refractivity contribution is -0.147. The van der Waals surface area contributed by atoms with Crippen LogP contribution in [-0.4, -0.2) is 47.1 Å². The Kier molecular flexibility index (Phi) is 3.75. The van der Waals surface area contributed by atoms with Gasteiger partial charge in [-0.2, -0.15) is 0 Å². The molecule has 2 heterocycles. The van der Waals surface area contributed by atoms with Gasteiger partial charge in [-0.3, -0.25) is 9.59 Å². The summed E-state index contributed by atoms with van der Waals surface area (Å²) in [5.41, 5.74) is 1.01. The lowest BCUT2D eigenvalue weighted by Gasteiger charge is -2.20. The Morgan fingerprint density at radius 3 is 2.87 bits per heavy atom. The van der Waals surface area contributed by atoms with Crippen LogP contribution in [0.2, 0.25) is 0 Å². The third-order valence-electron chi connectivity index (χ3n) is 4.66. The fraction of sp³-hybridized carbons (Fsp3) is 0.412. The number of amides is 1. The Morgan fingerprint density at radius 2 is 2.22 bits per heavy atom. The van der Waals surface area contributed by atoms with Gasteiger partial charge in [-0.1, -0.05) is 0 Å². The molecule has 1 fully saturated rings. The number of aromatic nitrogens is 1. The number of carbonyl (C=O) groups excluding carboxylic acids is 1. The summed E-state index contributed by atoms with van der Waals surface area (Å²) in [5, 5.41) is 10.2. The van der Waals surface area contributed by atoms with Crippen LogP contribution in [0.15, 0.2) is 24.4 Å². The maximum absolute atomic E-state index is 12.5. The normalized spacial score (nSPS) is 20.9. The first kappa shape index (κ1) is 15.4. The van der Waals surface area contributed by atoms with Crippen molar-refractivity contribution in [3.8, 4) is 5.75 Å². The Morgan fingerprint density at radius 1 is 1.43 bits per heavy atom. The number of aromatic amines is 1. The molecule has 2 N–H and O–H groups in total. The van der Waals surface area contributed by atoms with Crippen LogP contribution in [0.3, 0.4) is 0 Å². The summed E-state index contributed by atoms with van der Waals surface area (Å²) in [7, 11) is 1.61. The van der Waals surface area contributed by atoms with Gasteiger partial charge in [0.05, 0.1) is 18.9 Å². The molecule has 0 aliphatic carbocycles. The van der Waals surface area contributed by atoms with Crippen molar-refractivity contribution in [2.45, 2.75) is 19.8 Å². The van der Waals surface area contributed by atoms with E-state index in [0.717, 1.165) is 22.2 Å². The van der Waals surface area contributed by atoms with Crippen LogP contribution in [0.1, 0.15) is 18.9 Å². The van der Waals surface area contributed by atoms with Crippen molar-refractivity contribution >= 4 is 22.8 Å². The van der Waals surface area contributed by atoms with Gasteiger partial charge in [0, 0.05) is 30.2 Å². The number of hydrogen-bond acceptors (Lipinski definition) is 3. The van der Waals surface area contributed by atoms with Crippen molar-refractivity contribution < 1.29 is 19.4 Å². The van der Waals surface area contributed by atoms with E-state index in [-0.39, 0.29) is 18.9 Å². The second kappa shape index (κ2) is 5.61. The van der Waals surface area contributed by atoms with Crippen LogP contribution in [0.4, 0.5) is 0 Å². The third kappa shape index (κ3) is 2.76. The molecular weight excluding hydrogens is 296 g/mol. The number of carbonyl (C=O) groups is 2. The number of likely N-dealkylation sites (tertiary alicyclic amines) is 1. The van der Waals surface area contributed by atoms with Gasteiger partial charge in [0.15, 0.2) is 0 Å². The fourth-order valence-corrected chi connectivity index (χ4v) is 3.05. The molecule has 122 valence electrons. The number of nitrogens with one attached hydrogen (secondary N) is 1. The molecular formula is C17H20N2O4. The monoisotopic (exact) mass is 316 g/mol. The van der Waals surface area contributed by atoms with Crippen molar-refractivity contribution in [1.82, 2.24) is 9.88 Å². The number of carboxylic acid groups (broad SMARTS) is 1. The molecule has 6 heteroatoms. The summed E-state index contributed by atoms with van der Waals surface area (Å²) in [5.74, 6) is -0.145. The lowest BCUT2D eigenvalue weighted by Crippen LogP contribution is -2.35. The molecule has 2 aromatic rings. The summed E-state index contributed by atoms with van der Waals surface area (Å²) in [6.45, 7) is 2.46. The number of fused-ring (bicyclic) bond motifs is 1. The molecule has 1 amide bonds. The van der Waals surface area contributed by atoms with E-state index in [2.05, 4.69) is 4.98 Å². The van der Waals surface area contributed by atoms with E-state index in [0.29, 0.717) is 13.0 Å². The zero-order chi connectivity index (χ0) is 16.6. The highest BCUT2D eigenvalue weighted by molar-refractivity contribution is 5.90. The average Bonchev–Trinajstić information content (AvgIpc) is 3.12. The van der Waals surface area contributed by atoms with Crippen molar-refractivity contribution in [2.75, 3.05) is 20.2 Å². The Hall–Kier alpha value is -2.50. The van der Waals surface area contributed by atoms with Gasteiger partial charge >= 0.3 is 5.97 Å². The van der Waals surface area contributed by atoms with Gasteiger partial charge in [-0.05, 0) is 37.1 Å². The van der Waals surface area contributed by atoms with Crippen LogP contribution in [0.5, 0.6) is 5.75 Å². The topological polar surface area (TPSA) is 82.6 Å². The molecule has 1 aromatic heterocycles. The van der Waals surface area contributed by atoms with Crippen LogP contribution < -0.4 is 4.74 Å². The van der Waals surface area contributed by atoms with Crippen LogP contribution >= 0.6 is 0 Å². The zero-order valence-electron chi connectivity index (χ0n) is 13.3. The molecule has 1 unspecified atom stereocenters. The van der Waals surface area contributed by atoms with Gasteiger partial charge in [0.2, 0.25) is 5.91 Å². The quantitative estimate of drug-likeness (QED) is 0.904. The molecule has 23 heavy (non-hydrogen) atoms. The van der Waals surface area contributed by atoms with Crippen molar-refractivity contribution in [2.24, 2.45) is 5.41 Å². The van der Waals surface area contributed by atoms with Crippen molar-refractivity contribution in [3.05, 3.63) is 30.0 Å². The Labute approximate surface area is 134 Å². The minimum Gasteiger partial charge on any atom is -0.497 e. The predicted octanol–water partition coefficient (Wildman–Crippen LogP) is 2.04. The second-order valence-corrected chi connectivity index (χ2v) is 6.33. The first-order chi connectivity index (χ1) is 10.9. The second-order valence-electron chi connectivity index (χ2n) is 6.33. The molecule has 1 aliphatic heterocycles. The number of hydrogen-bond donors (Lipinski definition) is 2. The molecule has 6 nitrogen and oxygen atoms in total. The fourth-order valence-electron chi connectivity index (χ4n) is 3.05. The summed E-state index contributed by atoms with van der Waals surface area (Å²) in [6, 6.07) is 5.68. The standard InChI is InChI=1S/C17H20N2O4/c1-17(16(21)22)5-6-19(10-17)15(20)7-11-9-18-14-4-3-12(23-2)8-13(11)14/h3-4,8-9,18H,5-7,10H2,1-2H3,(H,21,22). The number of carboxylic acids is 1. The number of ether oxygens (including phenoxy) is 1. The van der Waals surface area contributed by atoms with E-state index in [9.17, 15) is 14.7 Å². The molecule has 1 atom stereocenters. The molecule has 0 bridgehead atoms. The number of methoxy groups -OCH3 is 1. The van der Waals surface area contributed by atoms with Gasteiger partial charge in [0.25, 0.3) is 0 Å². The van der Waals surface area contributed by atoms with Gasteiger partial charge in [-0.25, -0.2) is 0 Å². The number of nitrogens with zero attached hydrogens (tertiary/aromatic N) is 1. The summed E-state index contributed by atoms with van der Waals surface area (Å²) in [6.07, 6.45) is 2.58. The molecule has 0 spiro atoms.